The zero-order valence-electron chi connectivity index (χ0n) is 15.4. The maximum atomic E-state index is 12.7. The van der Waals surface area contributed by atoms with Crippen LogP contribution in [0.25, 0.3) is 0 Å². The number of hydrogen-bond acceptors (Lipinski definition) is 5. The van der Waals surface area contributed by atoms with Crippen LogP contribution < -0.4 is 20.3 Å². The smallest absolute Gasteiger partial charge is 0.262 e. The number of benzene rings is 1. The molecule has 0 fully saturated rings. The fourth-order valence-corrected chi connectivity index (χ4v) is 2.82. The lowest BCUT2D eigenvalue weighted by atomic mass is 10.1. The number of amides is 3. The van der Waals surface area contributed by atoms with Crippen molar-refractivity contribution in [1.29, 1.82) is 0 Å². The Morgan fingerprint density at radius 3 is 2.65 bits per heavy atom. The SMILES string of the molecule is CCNC(=O)CN(CC)C(=O)CN1C[C@@H](C(=O)NC)Oc2ccccc21. The molecule has 0 unspecified atom stereocenters. The average molecular weight is 362 g/mol. The van der Waals surface area contributed by atoms with Gasteiger partial charge in [0.05, 0.1) is 25.3 Å². The Balaban J connectivity index is 2.14. The maximum absolute atomic E-state index is 12.7. The van der Waals surface area contributed by atoms with Gasteiger partial charge in [0, 0.05) is 20.1 Å². The minimum Gasteiger partial charge on any atom is -0.477 e. The second kappa shape index (κ2) is 9.07. The predicted molar refractivity (Wildman–Crippen MR) is 98.1 cm³/mol. The Bertz CT molecular complexity index is 664. The number of carbonyl (C=O) groups is 3. The number of para-hydroxylation sites is 2. The van der Waals surface area contributed by atoms with E-state index < -0.39 is 6.10 Å². The van der Waals surface area contributed by atoms with E-state index in [0.29, 0.717) is 18.8 Å². The summed E-state index contributed by atoms with van der Waals surface area (Å²) in [4.78, 5) is 39.8. The highest BCUT2D eigenvalue weighted by molar-refractivity contribution is 5.88. The summed E-state index contributed by atoms with van der Waals surface area (Å²) in [5.74, 6) is -0.0435. The predicted octanol–water partition coefficient (Wildman–Crippen LogP) is -0.0154. The summed E-state index contributed by atoms with van der Waals surface area (Å²) in [5, 5.41) is 5.27. The van der Waals surface area contributed by atoms with Crippen molar-refractivity contribution in [2.24, 2.45) is 0 Å². The molecular formula is C18H26N4O4. The molecule has 2 rings (SSSR count). The summed E-state index contributed by atoms with van der Waals surface area (Å²) in [6, 6.07) is 7.29. The molecule has 1 aliphatic heterocycles. The second-order valence-corrected chi connectivity index (χ2v) is 5.93. The van der Waals surface area contributed by atoms with Crippen molar-refractivity contribution in [3.05, 3.63) is 24.3 Å². The minimum absolute atomic E-state index is 0.0219. The Hall–Kier alpha value is -2.77. The Morgan fingerprint density at radius 2 is 2.00 bits per heavy atom. The van der Waals surface area contributed by atoms with Crippen LogP contribution >= 0.6 is 0 Å². The molecule has 0 spiro atoms. The first-order valence-electron chi connectivity index (χ1n) is 8.76. The summed E-state index contributed by atoms with van der Waals surface area (Å²) < 4.78 is 5.74. The van der Waals surface area contributed by atoms with E-state index in [4.69, 9.17) is 4.74 Å². The molecule has 8 nitrogen and oxygen atoms in total. The van der Waals surface area contributed by atoms with Crippen LogP contribution in [0.4, 0.5) is 5.69 Å². The maximum Gasteiger partial charge on any atom is 0.262 e. The Morgan fingerprint density at radius 1 is 1.27 bits per heavy atom. The van der Waals surface area contributed by atoms with Crippen LogP contribution in [0.1, 0.15) is 13.8 Å². The van der Waals surface area contributed by atoms with Gasteiger partial charge in [-0.2, -0.15) is 0 Å². The van der Waals surface area contributed by atoms with Gasteiger partial charge in [0.15, 0.2) is 6.10 Å². The molecule has 2 N–H and O–H groups in total. The molecule has 0 radical (unpaired) electrons. The van der Waals surface area contributed by atoms with Crippen LogP contribution in [0.15, 0.2) is 24.3 Å². The van der Waals surface area contributed by atoms with E-state index in [1.807, 2.05) is 36.9 Å². The number of rotatable bonds is 7. The lowest BCUT2D eigenvalue weighted by molar-refractivity contribution is -0.135. The molecule has 0 saturated carbocycles. The van der Waals surface area contributed by atoms with E-state index in [0.717, 1.165) is 5.69 Å². The lowest BCUT2D eigenvalue weighted by Gasteiger charge is -2.36. The first-order valence-corrected chi connectivity index (χ1v) is 8.76. The number of nitrogens with one attached hydrogen (secondary N) is 2. The first kappa shape index (κ1) is 19.6. The van der Waals surface area contributed by atoms with E-state index in [-0.39, 0.29) is 37.4 Å². The minimum atomic E-state index is -0.693. The number of likely N-dealkylation sites (N-methyl/N-ethyl adjacent to an activating group) is 3. The van der Waals surface area contributed by atoms with Gasteiger partial charge in [0.25, 0.3) is 5.91 Å². The van der Waals surface area contributed by atoms with Crippen molar-refractivity contribution >= 4 is 23.4 Å². The van der Waals surface area contributed by atoms with Gasteiger partial charge in [0.2, 0.25) is 11.8 Å². The zero-order chi connectivity index (χ0) is 19.1. The third-order valence-corrected chi connectivity index (χ3v) is 4.17. The molecule has 26 heavy (non-hydrogen) atoms. The lowest BCUT2D eigenvalue weighted by Crippen LogP contribution is -2.52. The van der Waals surface area contributed by atoms with Crippen LogP contribution in [-0.4, -0.2) is 68.5 Å². The van der Waals surface area contributed by atoms with Gasteiger partial charge in [-0.1, -0.05) is 12.1 Å². The molecule has 1 aromatic rings. The summed E-state index contributed by atoms with van der Waals surface area (Å²) in [7, 11) is 1.55. The summed E-state index contributed by atoms with van der Waals surface area (Å²) >= 11 is 0. The van der Waals surface area contributed by atoms with Crippen LogP contribution in [0, 0.1) is 0 Å². The zero-order valence-corrected chi connectivity index (χ0v) is 15.4. The molecule has 0 aromatic heterocycles. The van der Waals surface area contributed by atoms with Gasteiger partial charge in [-0.05, 0) is 26.0 Å². The number of nitrogens with zero attached hydrogens (tertiary/aromatic N) is 2. The van der Waals surface area contributed by atoms with Crippen molar-refractivity contribution in [2.75, 3.05) is 44.7 Å². The Kier molecular flexibility index (Phi) is 6.82. The van der Waals surface area contributed by atoms with Gasteiger partial charge in [-0.3, -0.25) is 14.4 Å². The molecule has 1 aliphatic rings. The van der Waals surface area contributed by atoms with Gasteiger partial charge in [-0.25, -0.2) is 0 Å². The molecule has 0 saturated heterocycles. The molecule has 142 valence electrons. The monoisotopic (exact) mass is 362 g/mol. The molecule has 0 bridgehead atoms. The van der Waals surface area contributed by atoms with Crippen molar-refractivity contribution in [3.63, 3.8) is 0 Å². The van der Waals surface area contributed by atoms with Gasteiger partial charge < -0.3 is 25.2 Å². The van der Waals surface area contributed by atoms with Gasteiger partial charge in [-0.15, -0.1) is 0 Å². The summed E-state index contributed by atoms with van der Waals surface area (Å²) in [5.41, 5.74) is 0.759. The van der Waals surface area contributed by atoms with Crippen LogP contribution in [0.5, 0.6) is 5.75 Å². The highest BCUT2D eigenvalue weighted by Crippen LogP contribution is 2.32. The number of hydrogen-bond donors (Lipinski definition) is 2. The van der Waals surface area contributed by atoms with E-state index in [9.17, 15) is 14.4 Å². The highest BCUT2D eigenvalue weighted by atomic mass is 16.5. The summed E-state index contributed by atoms with van der Waals surface area (Å²) in [6.45, 7) is 4.98. The number of anilines is 1. The molecule has 1 heterocycles. The van der Waals surface area contributed by atoms with Crippen molar-refractivity contribution in [2.45, 2.75) is 20.0 Å². The molecular weight excluding hydrogens is 336 g/mol. The second-order valence-electron chi connectivity index (χ2n) is 5.93. The average Bonchev–Trinajstić information content (AvgIpc) is 2.65. The van der Waals surface area contributed by atoms with Gasteiger partial charge >= 0.3 is 0 Å². The largest absolute Gasteiger partial charge is 0.477 e. The topological polar surface area (TPSA) is 91.0 Å². The fraction of sp³-hybridized carbons (Fsp3) is 0.500. The van der Waals surface area contributed by atoms with E-state index in [1.54, 1.807) is 13.1 Å². The van der Waals surface area contributed by atoms with E-state index >= 15 is 0 Å². The number of carbonyl (C=O) groups excluding carboxylic acids is 3. The molecule has 0 aliphatic carbocycles. The van der Waals surface area contributed by atoms with E-state index in [1.165, 1.54) is 4.90 Å². The third kappa shape index (κ3) is 4.65. The molecule has 1 atom stereocenters. The number of ether oxygens (including phenoxy) is 1. The molecule has 1 aromatic carbocycles. The molecule has 8 heteroatoms. The highest BCUT2D eigenvalue weighted by Gasteiger charge is 2.31. The first-order chi connectivity index (χ1) is 12.5. The van der Waals surface area contributed by atoms with E-state index in [2.05, 4.69) is 10.6 Å². The fourth-order valence-electron chi connectivity index (χ4n) is 2.82. The van der Waals surface area contributed by atoms with Crippen LogP contribution in [0.2, 0.25) is 0 Å². The van der Waals surface area contributed by atoms with Crippen molar-refractivity contribution < 1.29 is 19.1 Å². The third-order valence-electron chi connectivity index (χ3n) is 4.17. The van der Waals surface area contributed by atoms with Gasteiger partial charge in [0.1, 0.15) is 5.75 Å². The van der Waals surface area contributed by atoms with Crippen molar-refractivity contribution in [3.8, 4) is 5.75 Å². The standard InChI is InChI=1S/C18H26N4O4/c1-4-20-16(23)11-21(5-2)17(24)12-22-10-15(18(25)19-3)26-14-9-7-6-8-13(14)22/h6-9,15H,4-5,10-12H2,1-3H3,(H,19,25)(H,20,23)/t15-/m0/s1. The van der Waals surface area contributed by atoms with Crippen molar-refractivity contribution in [1.82, 2.24) is 15.5 Å². The Labute approximate surface area is 153 Å². The molecule has 3 amide bonds. The summed E-state index contributed by atoms with van der Waals surface area (Å²) in [6.07, 6.45) is -0.693. The quantitative estimate of drug-likeness (QED) is 0.712. The van der Waals surface area contributed by atoms with Crippen LogP contribution in [-0.2, 0) is 14.4 Å². The normalized spacial score (nSPS) is 15.5. The van der Waals surface area contributed by atoms with Crippen LogP contribution in [0.3, 0.4) is 0 Å². The number of fused-ring (bicyclic) bond motifs is 1.